The molecule has 2 nitrogen and oxygen atoms in total. The van der Waals surface area contributed by atoms with Gasteiger partial charge in [0.15, 0.2) is 0 Å². The molecule has 2 aromatic heterocycles. The van der Waals surface area contributed by atoms with Gasteiger partial charge in [-0.2, -0.15) is 0 Å². The molecule has 2 heterocycles. The summed E-state index contributed by atoms with van der Waals surface area (Å²) >= 11 is 9.41. The molecule has 108 valence electrons. The van der Waals surface area contributed by atoms with Crippen molar-refractivity contribution < 1.29 is 4.74 Å². The molecule has 0 amide bonds. The summed E-state index contributed by atoms with van der Waals surface area (Å²) in [6.07, 6.45) is 0. The Labute approximate surface area is 133 Å². The Balaban J connectivity index is 1.93. The first-order valence-electron chi connectivity index (χ1n) is 6.41. The Kier molecular flexibility index (Phi) is 6.26. The van der Waals surface area contributed by atoms with Gasteiger partial charge in [-0.3, -0.25) is 0 Å². The van der Waals surface area contributed by atoms with Crippen LogP contribution >= 0.6 is 34.3 Å². The first-order chi connectivity index (χ1) is 9.66. The molecule has 0 aliphatic carbocycles. The standard InChI is InChI=1S/C15H18ClNOS2/c1-11(2)10-18-8-7-17-15(12-4-3-9-19-12)13-5-6-14(16)20-13/h3-6,9,15,17H,1,7-8,10H2,2H3. The van der Waals surface area contributed by atoms with Crippen molar-refractivity contribution in [3.63, 3.8) is 0 Å². The molecule has 0 aliphatic rings. The van der Waals surface area contributed by atoms with E-state index < -0.39 is 0 Å². The summed E-state index contributed by atoms with van der Waals surface area (Å²) in [6, 6.07) is 8.44. The van der Waals surface area contributed by atoms with Crippen molar-refractivity contribution in [2.75, 3.05) is 19.8 Å². The lowest BCUT2D eigenvalue weighted by Gasteiger charge is -2.16. The zero-order chi connectivity index (χ0) is 14.4. The third-order valence-corrected chi connectivity index (χ3v) is 4.88. The Hall–Kier alpha value is -0.650. The number of rotatable bonds is 8. The first-order valence-corrected chi connectivity index (χ1v) is 8.48. The molecule has 0 fully saturated rings. The maximum absolute atomic E-state index is 6.04. The van der Waals surface area contributed by atoms with E-state index in [-0.39, 0.29) is 6.04 Å². The summed E-state index contributed by atoms with van der Waals surface area (Å²) in [6.45, 7) is 7.88. The van der Waals surface area contributed by atoms with Crippen molar-refractivity contribution in [3.8, 4) is 0 Å². The molecule has 5 heteroatoms. The average molecular weight is 328 g/mol. The van der Waals surface area contributed by atoms with Gasteiger partial charge in [0, 0.05) is 16.3 Å². The van der Waals surface area contributed by atoms with E-state index in [1.54, 1.807) is 22.7 Å². The molecular formula is C15H18ClNOS2. The second-order valence-corrected chi connectivity index (χ2v) is 7.28. The molecule has 0 bridgehead atoms. The van der Waals surface area contributed by atoms with Crippen molar-refractivity contribution in [2.45, 2.75) is 13.0 Å². The fraction of sp³-hybridized carbons (Fsp3) is 0.333. The quantitative estimate of drug-likeness (QED) is 0.559. The minimum absolute atomic E-state index is 0.195. The van der Waals surface area contributed by atoms with Gasteiger partial charge < -0.3 is 10.1 Å². The first kappa shape index (κ1) is 15.7. The fourth-order valence-electron chi connectivity index (χ4n) is 1.80. The smallest absolute Gasteiger partial charge is 0.0931 e. The molecule has 1 N–H and O–H groups in total. The summed E-state index contributed by atoms with van der Waals surface area (Å²) in [5.41, 5.74) is 1.05. The zero-order valence-electron chi connectivity index (χ0n) is 11.4. The monoisotopic (exact) mass is 327 g/mol. The lowest BCUT2D eigenvalue weighted by atomic mass is 10.2. The predicted octanol–water partition coefficient (Wildman–Crippen LogP) is 4.73. The van der Waals surface area contributed by atoms with Gasteiger partial charge in [0.25, 0.3) is 0 Å². The molecular weight excluding hydrogens is 310 g/mol. The van der Waals surface area contributed by atoms with E-state index in [0.29, 0.717) is 13.2 Å². The highest BCUT2D eigenvalue weighted by atomic mass is 35.5. The van der Waals surface area contributed by atoms with Gasteiger partial charge in [-0.25, -0.2) is 0 Å². The van der Waals surface area contributed by atoms with Gasteiger partial charge in [-0.1, -0.05) is 29.8 Å². The van der Waals surface area contributed by atoms with Gasteiger partial charge >= 0.3 is 0 Å². The normalized spacial score (nSPS) is 12.5. The van der Waals surface area contributed by atoms with Crippen molar-refractivity contribution in [2.24, 2.45) is 0 Å². The number of nitrogens with one attached hydrogen (secondary N) is 1. The van der Waals surface area contributed by atoms with Crippen LogP contribution in [0.5, 0.6) is 0 Å². The summed E-state index contributed by atoms with van der Waals surface area (Å²) in [4.78, 5) is 2.53. The molecule has 1 atom stereocenters. The molecule has 2 aromatic rings. The van der Waals surface area contributed by atoms with Crippen molar-refractivity contribution in [1.29, 1.82) is 0 Å². The molecule has 2 rings (SSSR count). The third kappa shape index (κ3) is 4.72. The molecule has 1 unspecified atom stereocenters. The lowest BCUT2D eigenvalue weighted by Crippen LogP contribution is -2.25. The van der Waals surface area contributed by atoms with Crippen LogP contribution in [0, 0.1) is 0 Å². The average Bonchev–Trinajstić information content (AvgIpc) is 3.05. The lowest BCUT2D eigenvalue weighted by molar-refractivity contribution is 0.156. The summed E-state index contributed by atoms with van der Waals surface area (Å²) < 4.78 is 6.34. The van der Waals surface area contributed by atoms with Crippen LogP contribution < -0.4 is 5.32 Å². The van der Waals surface area contributed by atoms with E-state index in [4.69, 9.17) is 16.3 Å². The summed E-state index contributed by atoms with van der Waals surface area (Å²) in [7, 11) is 0. The second-order valence-electron chi connectivity index (χ2n) is 4.55. The van der Waals surface area contributed by atoms with Gasteiger partial charge in [0.1, 0.15) is 0 Å². The molecule has 0 saturated heterocycles. The minimum atomic E-state index is 0.195. The minimum Gasteiger partial charge on any atom is -0.376 e. The largest absolute Gasteiger partial charge is 0.376 e. The SMILES string of the molecule is C=C(C)COCCNC(c1cccs1)c1ccc(Cl)s1. The van der Waals surface area contributed by atoms with E-state index in [2.05, 4.69) is 35.5 Å². The molecule has 20 heavy (non-hydrogen) atoms. The van der Waals surface area contributed by atoms with E-state index in [1.165, 1.54) is 9.75 Å². The van der Waals surface area contributed by atoms with E-state index in [9.17, 15) is 0 Å². The topological polar surface area (TPSA) is 21.3 Å². The van der Waals surface area contributed by atoms with Gasteiger partial charge in [0.2, 0.25) is 0 Å². The fourth-order valence-corrected chi connectivity index (χ4v) is 3.85. The molecule has 0 spiro atoms. The van der Waals surface area contributed by atoms with Crippen LogP contribution in [0.4, 0.5) is 0 Å². The maximum Gasteiger partial charge on any atom is 0.0931 e. The Morgan fingerprint density at radius 2 is 2.25 bits per heavy atom. The van der Waals surface area contributed by atoms with Crippen molar-refractivity contribution in [1.82, 2.24) is 5.32 Å². The number of halogens is 1. The zero-order valence-corrected chi connectivity index (χ0v) is 13.8. The van der Waals surface area contributed by atoms with Crippen LogP contribution in [0.3, 0.4) is 0 Å². The maximum atomic E-state index is 6.04. The number of thiophene rings is 2. The number of hydrogen-bond donors (Lipinski definition) is 1. The molecule has 0 radical (unpaired) electrons. The summed E-state index contributed by atoms with van der Waals surface area (Å²) in [5.74, 6) is 0. The highest BCUT2D eigenvalue weighted by Crippen LogP contribution is 2.32. The Bertz CT molecular complexity index is 536. The highest BCUT2D eigenvalue weighted by molar-refractivity contribution is 7.16. The van der Waals surface area contributed by atoms with Crippen LogP contribution in [-0.4, -0.2) is 19.8 Å². The van der Waals surface area contributed by atoms with Crippen LogP contribution in [-0.2, 0) is 4.74 Å². The van der Waals surface area contributed by atoms with E-state index >= 15 is 0 Å². The van der Waals surface area contributed by atoms with Crippen molar-refractivity contribution in [3.05, 3.63) is 55.9 Å². The Morgan fingerprint density at radius 1 is 1.40 bits per heavy atom. The van der Waals surface area contributed by atoms with E-state index in [1.807, 2.05) is 13.0 Å². The molecule has 0 saturated carbocycles. The van der Waals surface area contributed by atoms with E-state index in [0.717, 1.165) is 16.5 Å². The van der Waals surface area contributed by atoms with Gasteiger partial charge in [-0.05, 0) is 30.5 Å². The number of ether oxygens (including phenoxy) is 1. The number of hydrogen-bond acceptors (Lipinski definition) is 4. The van der Waals surface area contributed by atoms with Gasteiger partial charge in [0.05, 0.1) is 23.6 Å². The van der Waals surface area contributed by atoms with Crippen LogP contribution in [0.15, 0.2) is 41.8 Å². The Morgan fingerprint density at radius 3 is 2.85 bits per heavy atom. The molecule has 0 aliphatic heterocycles. The summed E-state index contributed by atoms with van der Waals surface area (Å²) in [5, 5.41) is 5.63. The van der Waals surface area contributed by atoms with Crippen LogP contribution in [0.1, 0.15) is 22.7 Å². The second kappa shape index (κ2) is 7.96. The van der Waals surface area contributed by atoms with Crippen LogP contribution in [0.2, 0.25) is 4.34 Å². The van der Waals surface area contributed by atoms with Gasteiger partial charge in [-0.15, -0.1) is 22.7 Å². The highest BCUT2D eigenvalue weighted by Gasteiger charge is 2.16. The molecule has 0 aromatic carbocycles. The third-order valence-electron chi connectivity index (χ3n) is 2.65. The predicted molar refractivity (Wildman–Crippen MR) is 89.1 cm³/mol. The van der Waals surface area contributed by atoms with Crippen LogP contribution in [0.25, 0.3) is 0 Å². The van der Waals surface area contributed by atoms with Crippen molar-refractivity contribution >= 4 is 34.3 Å².